The molecule has 0 radical (unpaired) electrons. The molecule has 0 aromatic heterocycles. The average molecular weight is 2270 g/mol. The molecule has 0 aromatic carbocycles. The molecule has 0 saturated carbocycles. The second-order valence-corrected chi connectivity index (χ2v) is 35.0. The molecular formula is C88H224Cl16N30. The van der Waals surface area contributed by atoms with E-state index in [2.05, 4.69) is 160 Å². The first-order chi connectivity index (χ1) is 58.0. The summed E-state index contributed by atoms with van der Waals surface area (Å²) in [5.41, 5.74) is 67.7. The van der Waals surface area contributed by atoms with E-state index in [0.717, 1.165) is 209 Å². The molecule has 0 rings (SSSR count). The molecule has 0 amide bonds. The van der Waals surface area contributed by atoms with Crippen LogP contribution in [0.1, 0.15) is 193 Å². The highest BCUT2D eigenvalue weighted by Gasteiger charge is 2.20. The first-order valence-corrected chi connectivity index (χ1v) is 50.8. The Kier molecular flexibility index (Phi) is 185. The van der Waals surface area contributed by atoms with Crippen molar-refractivity contribution in [1.82, 2.24) is 68.6 Å². The van der Waals surface area contributed by atoms with Gasteiger partial charge in [0.25, 0.3) is 0 Å². The standard InChI is InChI=1S/C88H208N30.16ClH/c89-31-3-49-107(50-4-32-90)69-23-81-115(82-24-70-108(51-5-33-91)52-6-34-92)77-19-65-105(66-20-78-116(83-25-71-109(53-7-35-93)54-8-36-94)84-26-72-110(55-9-37-95)56-10-38-96)47-1-2-48-106(67-21-79-117(85-27-73-111(57-11-39-97)58-12-40-98)86-28-74-112(59-13-41-99)60-14-42-100)68-22-80-118(87-29-75-113(61-15-43-101)62-16-44-102)88-30-76-114(63-17-45-103)64-18-46-104;;;;;;;;;;;;;;;;/h1-104H2;16*1H. The minimum atomic E-state index is 0. The lowest BCUT2D eigenvalue weighted by atomic mass is 10.2. The molecule has 48 N–H and O–H groups in total. The van der Waals surface area contributed by atoms with Gasteiger partial charge in [0.2, 0.25) is 0 Å². The fraction of sp³-hybridized carbons (Fsp3) is 1.00. The van der Waals surface area contributed by atoms with Crippen LogP contribution in [0.3, 0.4) is 0 Å². The van der Waals surface area contributed by atoms with Crippen molar-refractivity contribution >= 4 is 0 Å². The fourth-order valence-electron chi connectivity index (χ4n) is 16.9. The molecule has 0 unspecified atom stereocenters. The van der Waals surface area contributed by atoms with Crippen molar-refractivity contribution in [2.24, 2.45) is 0 Å². The second kappa shape index (κ2) is 141. The van der Waals surface area contributed by atoms with Crippen LogP contribution in [-0.2, 0) is 0 Å². The van der Waals surface area contributed by atoms with Crippen LogP contribution in [0.15, 0.2) is 0 Å². The first kappa shape index (κ1) is 176. The van der Waals surface area contributed by atoms with Gasteiger partial charge in [0, 0.05) is 207 Å². The Hall–Kier alpha value is 3.44. The van der Waals surface area contributed by atoms with Crippen molar-refractivity contribution in [2.75, 3.05) is 380 Å². The van der Waals surface area contributed by atoms with Gasteiger partial charge >= 0.3 is 0 Å². The van der Waals surface area contributed by atoms with E-state index >= 15 is 0 Å². The van der Waals surface area contributed by atoms with Gasteiger partial charge in [-0.3, -0.25) is 0 Å². The van der Waals surface area contributed by atoms with E-state index in [1.54, 1.807) is 0 Å². The normalized spacial score (nSPS) is 11.1. The van der Waals surface area contributed by atoms with E-state index in [9.17, 15) is 0 Å². The highest BCUT2D eigenvalue weighted by atomic mass is 35.5. The van der Waals surface area contributed by atoms with Crippen LogP contribution >= 0.6 is 0 Å². The number of nitrogens with zero attached hydrogens (tertiary/aromatic N) is 14. The van der Waals surface area contributed by atoms with Crippen LogP contribution < -0.4 is 290 Å². The minimum absolute atomic E-state index is 0. The molecule has 0 spiro atoms. The van der Waals surface area contributed by atoms with Gasteiger partial charge in [-0.15, -0.1) is 0 Å². The van der Waals surface area contributed by atoms with Gasteiger partial charge in [0.15, 0.2) is 0 Å². The van der Waals surface area contributed by atoms with E-state index in [0.29, 0.717) is 0 Å². The number of hydrogen-bond donors (Lipinski definition) is 16. The third-order valence-electron chi connectivity index (χ3n) is 24.2. The lowest BCUT2D eigenvalue weighted by molar-refractivity contribution is -0.370. The van der Waals surface area contributed by atoms with Crippen LogP contribution in [0.5, 0.6) is 0 Å². The Morgan fingerprint density at radius 1 is 0.0672 bits per heavy atom. The van der Waals surface area contributed by atoms with E-state index < -0.39 is 0 Å². The van der Waals surface area contributed by atoms with Gasteiger partial charge in [0.1, 0.15) is 0 Å². The zero-order valence-corrected chi connectivity index (χ0v) is 97.9. The molecule has 838 valence electrons. The van der Waals surface area contributed by atoms with Crippen molar-refractivity contribution in [3.05, 3.63) is 0 Å². The van der Waals surface area contributed by atoms with Crippen LogP contribution in [0, 0.1) is 0 Å². The molecule has 0 aliphatic rings. The zero-order chi connectivity index (χ0) is 86.3. The topological polar surface area (TPSA) is 488 Å². The molecule has 46 heteroatoms. The molecular weight excluding hydrogens is 2040 g/mol. The highest BCUT2D eigenvalue weighted by Crippen LogP contribution is 2.13. The predicted octanol–water partition coefficient (Wildman–Crippen LogP) is -59.1. The molecule has 30 nitrogen and oxygen atoms in total. The summed E-state index contributed by atoms with van der Waals surface area (Å²) in [5, 5.41) is 0. The summed E-state index contributed by atoms with van der Waals surface area (Å²) in [4.78, 5) is 39.2. The van der Waals surface area contributed by atoms with E-state index in [4.69, 9.17) is 0 Å². The number of halogens is 16. The summed E-state index contributed by atoms with van der Waals surface area (Å²) in [6.45, 7) is 65.1. The average Bonchev–Trinajstić information content (AvgIpc) is 0.947. The maximum atomic E-state index is 4.23. The smallest absolute Gasteiger partial charge is 0.0752 e. The number of unbranched alkanes of at least 4 members (excludes halogenated alkanes) is 1. The first-order valence-electron chi connectivity index (χ1n) is 50.8. The number of hydrogen-bond acceptors (Lipinski definition) is 14. The Balaban J connectivity index is -0.000000570. The summed E-state index contributed by atoms with van der Waals surface area (Å²) >= 11 is 0. The van der Waals surface area contributed by atoms with Crippen molar-refractivity contribution in [1.29, 1.82) is 0 Å². The van der Waals surface area contributed by atoms with Crippen molar-refractivity contribution in [3.8, 4) is 0 Å². The predicted molar refractivity (Wildman–Crippen MR) is 493 cm³/mol. The van der Waals surface area contributed by atoms with Crippen molar-refractivity contribution < 1.29 is 290 Å². The molecule has 0 saturated heterocycles. The molecule has 0 heterocycles. The molecule has 0 bridgehead atoms. The van der Waals surface area contributed by atoms with Crippen LogP contribution in [0.25, 0.3) is 0 Å². The Morgan fingerprint density at radius 3 is 0.164 bits per heavy atom. The van der Waals surface area contributed by atoms with Gasteiger partial charge in [-0.25, -0.2) is 0 Å². The Labute approximate surface area is 923 Å². The number of rotatable bonds is 101. The minimum Gasteiger partial charge on any atom is -1.00 e. The van der Waals surface area contributed by atoms with Crippen LogP contribution in [-0.4, -0.2) is 448 Å². The van der Waals surface area contributed by atoms with E-state index in [1.165, 1.54) is 363 Å². The number of quaternary nitrogens is 16. The summed E-state index contributed by atoms with van der Waals surface area (Å²) in [5.74, 6) is 0. The molecule has 134 heavy (non-hydrogen) atoms. The summed E-state index contributed by atoms with van der Waals surface area (Å²) in [6, 6.07) is 0. The van der Waals surface area contributed by atoms with Crippen LogP contribution in [0.4, 0.5) is 0 Å². The van der Waals surface area contributed by atoms with Gasteiger partial charge in [-0.2, -0.15) is 0 Å². The van der Waals surface area contributed by atoms with Gasteiger partial charge in [0.05, 0.1) is 105 Å². The second-order valence-electron chi connectivity index (χ2n) is 35.0. The van der Waals surface area contributed by atoms with Gasteiger partial charge in [-0.05, 0) is 260 Å². The lowest BCUT2D eigenvalue weighted by Gasteiger charge is -2.30. The van der Waals surface area contributed by atoms with E-state index in [1.807, 2.05) is 0 Å². The fourth-order valence-corrected chi connectivity index (χ4v) is 16.9. The summed E-state index contributed by atoms with van der Waals surface area (Å²) < 4.78 is 0. The molecule has 0 aliphatic carbocycles. The van der Waals surface area contributed by atoms with Gasteiger partial charge < -0.3 is 359 Å². The van der Waals surface area contributed by atoms with Crippen molar-refractivity contribution in [2.45, 2.75) is 193 Å². The molecule has 0 aromatic rings. The highest BCUT2D eigenvalue weighted by molar-refractivity contribution is 4.75. The quantitative estimate of drug-likeness (QED) is 0.0252. The third kappa shape index (κ3) is 114. The Morgan fingerprint density at radius 2 is 0.112 bits per heavy atom. The molecule has 0 aliphatic heterocycles. The van der Waals surface area contributed by atoms with Gasteiger partial charge in [-0.1, -0.05) is 0 Å². The molecule has 0 fully saturated rings. The van der Waals surface area contributed by atoms with Crippen molar-refractivity contribution in [3.63, 3.8) is 0 Å². The monoisotopic (exact) mass is 2260 g/mol. The third-order valence-corrected chi connectivity index (χ3v) is 24.2. The lowest BCUT2D eigenvalue weighted by Crippen LogP contribution is -3.00. The van der Waals surface area contributed by atoms with E-state index in [-0.39, 0.29) is 199 Å². The Bertz CT molecular complexity index is 1570. The SMILES string of the molecule is [Cl-].[Cl-].[Cl-].[Cl-].[Cl-].[Cl-].[Cl-].[Cl-].[Cl-].[Cl-].[Cl-].[Cl-].[Cl-].[Cl-].[Cl-].[Cl-].[NH3+]CCCN(CCC[NH3+])CCCN(CCCN(CCC[NH3+])CCC[NH3+])CCCN(CCCCN(CCCN(CCCN(CCC[NH3+])CCC[NH3+])CCCN(CCC[NH3+])CCC[NH3+])CCCN(CCCN(CCC[NH3+])CCC[NH3+])CCCN(CCC[NH3+])CCC[NH3+])CCCN(CCCN(CCC[NH3+])CCC[NH3+])CCCN(CCC[NH3+])CCC[NH3+]. The van der Waals surface area contributed by atoms with Crippen LogP contribution in [0.2, 0.25) is 0 Å². The zero-order valence-electron chi connectivity index (χ0n) is 85.8. The molecule has 0 atom stereocenters. The summed E-state index contributed by atoms with van der Waals surface area (Å²) in [6.07, 6.45) is 36.0. The largest absolute Gasteiger partial charge is 1.00 e. The maximum Gasteiger partial charge on any atom is 0.0752 e. The maximum absolute atomic E-state index is 4.23. The summed E-state index contributed by atoms with van der Waals surface area (Å²) in [7, 11) is 0.